The summed E-state index contributed by atoms with van der Waals surface area (Å²) in [5, 5.41) is 3.53. The van der Waals surface area contributed by atoms with Gasteiger partial charge in [0.15, 0.2) is 0 Å². The number of nitrogens with zero attached hydrogens (tertiary/aromatic N) is 1. The summed E-state index contributed by atoms with van der Waals surface area (Å²) in [6.45, 7) is 6.46. The van der Waals surface area contributed by atoms with E-state index in [0.29, 0.717) is 5.54 Å². The van der Waals surface area contributed by atoms with Gasteiger partial charge >= 0.3 is 0 Å². The van der Waals surface area contributed by atoms with Crippen molar-refractivity contribution in [1.82, 2.24) is 10.2 Å². The molecule has 0 amide bonds. The maximum atomic E-state index is 3.53. The molecule has 0 aromatic heterocycles. The molecule has 1 saturated heterocycles. The van der Waals surface area contributed by atoms with Crippen LogP contribution in [0.1, 0.15) is 58.3 Å². The second kappa shape index (κ2) is 4.71. The van der Waals surface area contributed by atoms with Gasteiger partial charge in [0.1, 0.15) is 0 Å². The molecular weight excluding hydrogens is 244 g/mol. The molecule has 1 heterocycles. The molecule has 4 saturated carbocycles. The highest BCUT2D eigenvalue weighted by molar-refractivity contribution is 5.03. The molecule has 4 bridgehead atoms. The maximum absolute atomic E-state index is 3.53. The second-order valence-corrected chi connectivity index (χ2v) is 9.00. The SMILES string of the molecule is CNC1(C)CCN(CC23CC4CC(CC(C4)C2)C3)CC1. The molecule has 1 N–H and O–H groups in total. The summed E-state index contributed by atoms with van der Waals surface area (Å²) >= 11 is 0. The molecule has 2 nitrogen and oxygen atoms in total. The zero-order valence-corrected chi connectivity index (χ0v) is 13.5. The number of hydrogen-bond donors (Lipinski definition) is 1. The molecule has 0 spiro atoms. The Labute approximate surface area is 124 Å². The molecule has 0 aromatic rings. The maximum Gasteiger partial charge on any atom is 0.0174 e. The van der Waals surface area contributed by atoms with E-state index in [-0.39, 0.29) is 0 Å². The van der Waals surface area contributed by atoms with Crippen molar-refractivity contribution >= 4 is 0 Å². The summed E-state index contributed by atoms with van der Waals surface area (Å²) in [6, 6.07) is 0. The van der Waals surface area contributed by atoms with Gasteiger partial charge in [-0.05, 0) is 102 Å². The van der Waals surface area contributed by atoms with Gasteiger partial charge in [0.25, 0.3) is 0 Å². The average Bonchev–Trinajstić information content (AvgIpc) is 2.40. The van der Waals surface area contributed by atoms with Gasteiger partial charge in [-0.1, -0.05) is 0 Å². The highest BCUT2D eigenvalue weighted by atomic mass is 15.2. The van der Waals surface area contributed by atoms with Crippen LogP contribution in [0.2, 0.25) is 0 Å². The minimum atomic E-state index is 0.401. The van der Waals surface area contributed by atoms with Crippen molar-refractivity contribution < 1.29 is 0 Å². The predicted octanol–water partition coefficient (Wildman–Crippen LogP) is 3.28. The van der Waals surface area contributed by atoms with E-state index in [2.05, 4.69) is 24.2 Å². The largest absolute Gasteiger partial charge is 0.314 e. The van der Waals surface area contributed by atoms with Gasteiger partial charge < -0.3 is 10.2 Å². The first-order chi connectivity index (χ1) is 9.58. The summed E-state index contributed by atoms with van der Waals surface area (Å²) in [6.07, 6.45) is 12.1. The molecule has 2 heteroatoms. The normalized spacial score (nSPS) is 46.8. The zero-order valence-electron chi connectivity index (χ0n) is 13.5. The Morgan fingerprint density at radius 3 is 1.90 bits per heavy atom. The minimum Gasteiger partial charge on any atom is -0.314 e. The van der Waals surface area contributed by atoms with Crippen LogP contribution in [-0.4, -0.2) is 37.1 Å². The minimum absolute atomic E-state index is 0.401. The highest BCUT2D eigenvalue weighted by Crippen LogP contribution is 2.60. The Bertz CT molecular complexity index is 332. The fourth-order valence-corrected chi connectivity index (χ4v) is 6.41. The van der Waals surface area contributed by atoms with E-state index >= 15 is 0 Å². The number of rotatable bonds is 3. The lowest BCUT2D eigenvalue weighted by atomic mass is 9.49. The van der Waals surface area contributed by atoms with Crippen LogP contribution in [0.4, 0.5) is 0 Å². The van der Waals surface area contributed by atoms with Crippen molar-refractivity contribution in [2.75, 3.05) is 26.7 Å². The molecule has 0 atom stereocenters. The second-order valence-electron chi connectivity index (χ2n) is 9.00. The van der Waals surface area contributed by atoms with Crippen molar-refractivity contribution in [2.24, 2.45) is 23.2 Å². The predicted molar refractivity (Wildman–Crippen MR) is 83.7 cm³/mol. The van der Waals surface area contributed by atoms with E-state index in [9.17, 15) is 0 Å². The lowest BCUT2D eigenvalue weighted by Crippen LogP contribution is -2.55. The van der Waals surface area contributed by atoms with Crippen LogP contribution >= 0.6 is 0 Å². The Morgan fingerprint density at radius 2 is 1.45 bits per heavy atom. The van der Waals surface area contributed by atoms with Crippen molar-refractivity contribution in [2.45, 2.75) is 63.8 Å². The van der Waals surface area contributed by atoms with E-state index in [0.717, 1.165) is 23.2 Å². The van der Waals surface area contributed by atoms with Crippen molar-refractivity contribution in [3.05, 3.63) is 0 Å². The summed E-state index contributed by atoms with van der Waals surface area (Å²) in [4.78, 5) is 2.81. The summed E-state index contributed by atoms with van der Waals surface area (Å²) < 4.78 is 0. The average molecular weight is 276 g/mol. The molecule has 5 aliphatic rings. The lowest BCUT2D eigenvalue weighted by Gasteiger charge is -2.58. The Hall–Kier alpha value is -0.0800. The standard InChI is InChI=1S/C18H32N2/c1-17(19-2)3-5-20(6-4-17)13-18-10-14-7-15(11-18)9-16(8-14)12-18/h14-16,19H,3-13H2,1-2H3. The van der Waals surface area contributed by atoms with Gasteiger partial charge in [-0.3, -0.25) is 0 Å². The third-order valence-corrected chi connectivity index (χ3v) is 7.29. The summed E-state index contributed by atoms with van der Waals surface area (Å²) in [7, 11) is 2.13. The monoisotopic (exact) mass is 276 g/mol. The van der Waals surface area contributed by atoms with Crippen LogP contribution in [0.15, 0.2) is 0 Å². The van der Waals surface area contributed by atoms with Gasteiger partial charge in [-0.2, -0.15) is 0 Å². The van der Waals surface area contributed by atoms with Crippen LogP contribution in [0.25, 0.3) is 0 Å². The third kappa shape index (κ3) is 2.33. The third-order valence-electron chi connectivity index (χ3n) is 7.29. The fraction of sp³-hybridized carbons (Fsp3) is 1.00. The molecule has 4 aliphatic carbocycles. The van der Waals surface area contributed by atoms with E-state index in [4.69, 9.17) is 0 Å². The van der Waals surface area contributed by atoms with E-state index in [1.165, 1.54) is 32.5 Å². The Kier molecular flexibility index (Phi) is 3.20. The van der Waals surface area contributed by atoms with E-state index in [1.807, 2.05) is 0 Å². The van der Waals surface area contributed by atoms with Crippen LogP contribution in [0.5, 0.6) is 0 Å². The van der Waals surface area contributed by atoms with Gasteiger partial charge in [0.2, 0.25) is 0 Å². The molecular formula is C18H32N2. The molecule has 20 heavy (non-hydrogen) atoms. The Morgan fingerprint density at radius 1 is 0.950 bits per heavy atom. The number of likely N-dealkylation sites (tertiary alicyclic amines) is 1. The molecule has 0 unspecified atom stereocenters. The molecule has 114 valence electrons. The first-order valence-electron chi connectivity index (χ1n) is 8.99. The number of nitrogens with one attached hydrogen (secondary N) is 1. The van der Waals surface area contributed by atoms with Crippen LogP contribution in [-0.2, 0) is 0 Å². The Balaban J connectivity index is 1.40. The van der Waals surface area contributed by atoms with E-state index < -0.39 is 0 Å². The molecule has 0 radical (unpaired) electrons. The highest BCUT2D eigenvalue weighted by Gasteiger charge is 2.51. The first-order valence-corrected chi connectivity index (χ1v) is 8.99. The molecule has 5 fully saturated rings. The smallest absolute Gasteiger partial charge is 0.0174 e. The van der Waals surface area contributed by atoms with Gasteiger partial charge in [0, 0.05) is 12.1 Å². The summed E-state index contributed by atoms with van der Waals surface area (Å²) in [5.74, 6) is 3.32. The van der Waals surface area contributed by atoms with Gasteiger partial charge in [0.05, 0.1) is 0 Å². The first kappa shape index (κ1) is 13.6. The molecule has 0 aromatic carbocycles. The fourth-order valence-electron chi connectivity index (χ4n) is 6.41. The van der Waals surface area contributed by atoms with E-state index in [1.54, 1.807) is 38.5 Å². The topological polar surface area (TPSA) is 15.3 Å². The number of hydrogen-bond acceptors (Lipinski definition) is 2. The van der Waals surface area contributed by atoms with Crippen LogP contribution in [0, 0.1) is 23.2 Å². The van der Waals surface area contributed by atoms with Crippen molar-refractivity contribution in [1.29, 1.82) is 0 Å². The van der Waals surface area contributed by atoms with Gasteiger partial charge in [-0.25, -0.2) is 0 Å². The molecule has 1 aliphatic heterocycles. The van der Waals surface area contributed by atoms with Gasteiger partial charge in [-0.15, -0.1) is 0 Å². The molecule has 5 rings (SSSR count). The summed E-state index contributed by atoms with van der Waals surface area (Å²) in [5.41, 5.74) is 1.14. The van der Waals surface area contributed by atoms with Crippen molar-refractivity contribution in [3.8, 4) is 0 Å². The van der Waals surface area contributed by atoms with Crippen LogP contribution in [0.3, 0.4) is 0 Å². The lowest BCUT2D eigenvalue weighted by molar-refractivity contribution is -0.0732. The zero-order chi connectivity index (χ0) is 13.8. The van der Waals surface area contributed by atoms with Crippen molar-refractivity contribution in [3.63, 3.8) is 0 Å². The quantitative estimate of drug-likeness (QED) is 0.851. The van der Waals surface area contributed by atoms with Crippen LogP contribution < -0.4 is 5.32 Å². The number of piperidine rings is 1.